The van der Waals surface area contributed by atoms with E-state index in [1.807, 2.05) is 30.3 Å². The standard InChI is InChI=1S/C18H21FN2O4/c1-12-7-8-14(19)16(21-12)17(23)15(22)9-10-20-18(24)25-11-13-5-3-2-4-6-13/h2-8,15,17,22-23H,9-11H2,1H3,(H,20,24). The van der Waals surface area contributed by atoms with Crippen molar-refractivity contribution in [1.82, 2.24) is 10.3 Å². The summed E-state index contributed by atoms with van der Waals surface area (Å²) in [6.07, 6.45) is -3.35. The summed E-state index contributed by atoms with van der Waals surface area (Å²) in [6, 6.07) is 11.9. The van der Waals surface area contributed by atoms with Crippen molar-refractivity contribution in [3.63, 3.8) is 0 Å². The Morgan fingerprint density at radius 2 is 1.96 bits per heavy atom. The molecule has 1 heterocycles. The lowest BCUT2D eigenvalue weighted by atomic mass is 10.1. The second kappa shape index (κ2) is 9.10. The maximum Gasteiger partial charge on any atom is 0.407 e. The van der Waals surface area contributed by atoms with Crippen LogP contribution in [0.2, 0.25) is 0 Å². The Bertz CT molecular complexity index is 697. The van der Waals surface area contributed by atoms with Crippen LogP contribution in [0.25, 0.3) is 0 Å². The number of carbonyl (C=O) groups is 1. The number of ether oxygens (including phenoxy) is 1. The van der Waals surface area contributed by atoms with Gasteiger partial charge in [-0.2, -0.15) is 0 Å². The first kappa shape index (κ1) is 18.8. The van der Waals surface area contributed by atoms with Gasteiger partial charge in [-0.05, 0) is 31.0 Å². The molecule has 0 bridgehead atoms. The Kier molecular flexibility index (Phi) is 6.85. The van der Waals surface area contributed by atoms with Crippen molar-refractivity contribution in [3.05, 3.63) is 65.2 Å². The third kappa shape index (κ3) is 5.81. The van der Waals surface area contributed by atoms with Crippen LogP contribution in [-0.2, 0) is 11.3 Å². The number of rotatable bonds is 7. The Labute approximate surface area is 145 Å². The zero-order valence-electron chi connectivity index (χ0n) is 13.9. The zero-order chi connectivity index (χ0) is 18.2. The zero-order valence-corrected chi connectivity index (χ0v) is 13.9. The summed E-state index contributed by atoms with van der Waals surface area (Å²) in [5.74, 6) is -0.688. The van der Waals surface area contributed by atoms with Gasteiger partial charge in [-0.1, -0.05) is 30.3 Å². The van der Waals surface area contributed by atoms with E-state index in [1.165, 1.54) is 12.1 Å². The van der Waals surface area contributed by atoms with Crippen LogP contribution in [0.3, 0.4) is 0 Å². The molecule has 0 aliphatic carbocycles. The molecular weight excluding hydrogens is 327 g/mol. The number of alkyl carbamates (subject to hydrolysis) is 1. The molecule has 0 aliphatic heterocycles. The van der Waals surface area contributed by atoms with E-state index in [0.717, 1.165) is 5.56 Å². The molecule has 134 valence electrons. The van der Waals surface area contributed by atoms with Crippen molar-refractivity contribution >= 4 is 6.09 Å². The fourth-order valence-electron chi connectivity index (χ4n) is 2.20. The number of aryl methyl sites for hydroxylation is 1. The average Bonchev–Trinajstić information content (AvgIpc) is 2.62. The molecule has 2 unspecified atom stereocenters. The largest absolute Gasteiger partial charge is 0.445 e. The monoisotopic (exact) mass is 348 g/mol. The topological polar surface area (TPSA) is 91.7 Å². The number of nitrogens with zero attached hydrogens (tertiary/aromatic N) is 1. The van der Waals surface area contributed by atoms with Gasteiger partial charge in [0, 0.05) is 12.2 Å². The van der Waals surface area contributed by atoms with Crippen molar-refractivity contribution < 1.29 is 24.1 Å². The Morgan fingerprint density at radius 1 is 1.24 bits per heavy atom. The molecule has 2 aromatic rings. The maximum atomic E-state index is 13.7. The summed E-state index contributed by atoms with van der Waals surface area (Å²) in [7, 11) is 0. The molecule has 1 amide bonds. The number of hydrogen-bond donors (Lipinski definition) is 3. The molecule has 1 aromatic heterocycles. The van der Waals surface area contributed by atoms with E-state index in [2.05, 4.69) is 10.3 Å². The normalized spacial score (nSPS) is 13.1. The van der Waals surface area contributed by atoms with Crippen molar-refractivity contribution in [2.75, 3.05) is 6.54 Å². The highest BCUT2D eigenvalue weighted by Crippen LogP contribution is 2.20. The smallest absolute Gasteiger partial charge is 0.407 e. The minimum atomic E-state index is -1.47. The Hall–Kier alpha value is -2.51. The molecule has 1 aromatic carbocycles. The van der Waals surface area contributed by atoms with Gasteiger partial charge >= 0.3 is 6.09 Å². The predicted octanol–water partition coefficient (Wildman–Crippen LogP) is 2.24. The second-order valence-corrected chi connectivity index (χ2v) is 5.61. The number of benzene rings is 1. The Balaban J connectivity index is 1.75. The van der Waals surface area contributed by atoms with Crippen molar-refractivity contribution in [2.24, 2.45) is 0 Å². The highest BCUT2D eigenvalue weighted by molar-refractivity contribution is 5.67. The average molecular weight is 348 g/mol. The van der Waals surface area contributed by atoms with E-state index >= 15 is 0 Å². The van der Waals surface area contributed by atoms with Gasteiger partial charge in [0.1, 0.15) is 24.2 Å². The third-order valence-corrected chi connectivity index (χ3v) is 3.58. The number of carbonyl (C=O) groups excluding carboxylic acids is 1. The van der Waals surface area contributed by atoms with Crippen LogP contribution in [0.15, 0.2) is 42.5 Å². The van der Waals surface area contributed by atoms with Crippen LogP contribution in [0.4, 0.5) is 9.18 Å². The van der Waals surface area contributed by atoms with Gasteiger partial charge in [-0.15, -0.1) is 0 Å². The SMILES string of the molecule is Cc1ccc(F)c(C(O)C(O)CCNC(=O)OCc2ccccc2)n1. The van der Waals surface area contributed by atoms with Gasteiger partial charge in [0.2, 0.25) is 0 Å². The number of hydrogen-bond acceptors (Lipinski definition) is 5. The van der Waals surface area contributed by atoms with Crippen molar-refractivity contribution in [1.29, 1.82) is 0 Å². The lowest BCUT2D eigenvalue weighted by Gasteiger charge is -2.18. The van der Waals surface area contributed by atoms with Gasteiger partial charge in [0.15, 0.2) is 0 Å². The summed E-state index contributed by atoms with van der Waals surface area (Å²) in [4.78, 5) is 15.5. The van der Waals surface area contributed by atoms with E-state index in [1.54, 1.807) is 6.92 Å². The number of nitrogens with one attached hydrogen (secondary N) is 1. The van der Waals surface area contributed by atoms with Crippen LogP contribution in [0.1, 0.15) is 29.5 Å². The van der Waals surface area contributed by atoms with E-state index in [-0.39, 0.29) is 25.3 Å². The van der Waals surface area contributed by atoms with Gasteiger partial charge in [0.05, 0.1) is 6.10 Å². The third-order valence-electron chi connectivity index (χ3n) is 3.58. The first-order valence-electron chi connectivity index (χ1n) is 7.91. The quantitative estimate of drug-likeness (QED) is 0.714. The molecule has 0 aliphatic rings. The van der Waals surface area contributed by atoms with Crippen molar-refractivity contribution in [3.8, 4) is 0 Å². The molecule has 6 nitrogen and oxygen atoms in total. The first-order valence-corrected chi connectivity index (χ1v) is 7.91. The molecule has 2 atom stereocenters. The number of aliphatic hydroxyl groups is 2. The summed E-state index contributed by atoms with van der Waals surface area (Å²) < 4.78 is 18.7. The van der Waals surface area contributed by atoms with E-state index < -0.39 is 24.1 Å². The fourth-order valence-corrected chi connectivity index (χ4v) is 2.20. The van der Waals surface area contributed by atoms with E-state index in [4.69, 9.17) is 4.74 Å². The van der Waals surface area contributed by atoms with Gasteiger partial charge in [0.25, 0.3) is 0 Å². The molecular formula is C18H21FN2O4. The maximum absolute atomic E-state index is 13.7. The van der Waals surface area contributed by atoms with Crippen LogP contribution in [-0.4, -0.2) is 33.9 Å². The molecule has 0 saturated heterocycles. The predicted molar refractivity (Wildman–Crippen MR) is 89.1 cm³/mol. The van der Waals surface area contributed by atoms with E-state index in [0.29, 0.717) is 5.69 Å². The molecule has 25 heavy (non-hydrogen) atoms. The van der Waals surface area contributed by atoms with Crippen LogP contribution in [0, 0.1) is 12.7 Å². The van der Waals surface area contributed by atoms with Gasteiger partial charge in [-0.3, -0.25) is 4.98 Å². The van der Waals surface area contributed by atoms with E-state index in [9.17, 15) is 19.4 Å². The molecule has 3 N–H and O–H groups in total. The summed E-state index contributed by atoms with van der Waals surface area (Å²) in [5.41, 5.74) is 1.18. The first-order chi connectivity index (χ1) is 12.0. The number of aliphatic hydroxyl groups excluding tert-OH is 2. The summed E-state index contributed by atoms with van der Waals surface area (Å²) in [5, 5.41) is 22.4. The number of halogens is 1. The lowest BCUT2D eigenvalue weighted by Crippen LogP contribution is -2.30. The summed E-state index contributed by atoms with van der Waals surface area (Å²) in [6.45, 7) is 1.86. The van der Waals surface area contributed by atoms with Gasteiger partial charge < -0.3 is 20.3 Å². The number of pyridine rings is 1. The number of amides is 1. The molecule has 0 fully saturated rings. The molecule has 7 heteroatoms. The van der Waals surface area contributed by atoms with Gasteiger partial charge in [-0.25, -0.2) is 9.18 Å². The molecule has 0 radical (unpaired) electrons. The van der Waals surface area contributed by atoms with Crippen LogP contribution >= 0.6 is 0 Å². The van der Waals surface area contributed by atoms with Crippen molar-refractivity contribution in [2.45, 2.75) is 32.2 Å². The fraction of sp³-hybridized carbons (Fsp3) is 0.333. The molecule has 0 spiro atoms. The highest BCUT2D eigenvalue weighted by Gasteiger charge is 2.23. The van der Waals surface area contributed by atoms with Crippen LogP contribution < -0.4 is 5.32 Å². The molecule has 2 rings (SSSR count). The molecule has 0 saturated carbocycles. The lowest BCUT2D eigenvalue weighted by molar-refractivity contribution is 0.00886. The second-order valence-electron chi connectivity index (χ2n) is 5.61. The highest BCUT2D eigenvalue weighted by atomic mass is 19.1. The minimum Gasteiger partial charge on any atom is -0.445 e. The minimum absolute atomic E-state index is 0.0245. The number of aromatic nitrogens is 1. The Morgan fingerprint density at radius 3 is 2.68 bits per heavy atom. The van der Waals surface area contributed by atoms with Crippen LogP contribution in [0.5, 0.6) is 0 Å². The summed E-state index contributed by atoms with van der Waals surface area (Å²) >= 11 is 0.